The van der Waals surface area contributed by atoms with E-state index in [9.17, 15) is 17.6 Å². The number of ether oxygens (including phenoxy) is 1. The summed E-state index contributed by atoms with van der Waals surface area (Å²) >= 11 is 0. The molecule has 0 aromatic heterocycles. The molecule has 0 unspecified atom stereocenters. The molecule has 0 N–H and O–H groups in total. The normalized spacial score (nSPS) is 15.8. The molecule has 0 fully saturated rings. The average Bonchev–Trinajstić information content (AvgIpc) is 2.71. The van der Waals surface area contributed by atoms with Crippen LogP contribution in [0.4, 0.5) is 4.39 Å². The molecule has 0 radical (unpaired) electrons. The molecule has 0 saturated carbocycles. The molecule has 0 saturated heterocycles. The first-order chi connectivity index (χ1) is 11.4. The fourth-order valence-corrected chi connectivity index (χ4v) is 4.13. The van der Waals surface area contributed by atoms with Crippen LogP contribution in [0.2, 0.25) is 0 Å². The topological polar surface area (TPSA) is 60.4 Å². The van der Waals surface area contributed by atoms with Crippen LogP contribution in [0, 0.1) is 5.82 Å². The highest BCUT2D eigenvalue weighted by Gasteiger charge is 2.25. The van der Waals surface area contributed by atoms with Crippen LogP contribution in [0.5, 0.6) is 0 Å². The number of fused-ring (bicyclic) bond motifs is 1. The third-order valence-electron chi connectivity index (χ3n) is 3.94. The summed E-state index contributed by atoms with van der Waals surface area (Å²) in [5, 5.41) is 0. The maximum absolute atomic E-state index is 13.1. The molecule has 1 heterocycles. The zero-order chi connectivity index (χ0) is 17.3. The highest BCUT2D eigenvalue weighted by molar-refractivity contribution is 7.91. The molecule has 0 bridgehead atoms. The summed E-state index contributed by atoms with van der Waals surface area (Å²) in [6.45, 7) is 0. The van der Waals surface area contributed by atoms with Crippen molar-refractivity contribution in [1.29, 1.82) is 0 Å². The lowest BCUT2D eigenvalue weighted by molar-refractivity contribution is -0.136. The van der Waals surface area contributed by atoms with Crippen LogP contribution in [0.15, 0.2) is 52.9 Å². The molecule has 2 aromatic carbocycles. The predicted octanol–water partition coefficient (Wildman–Crippen LogP) is 3.23. The second kappa shape index (κ2) is 6.20. The first-order valence-corrected chi connectivity index (χ1v) is 8.97. The second-order valence-corrected chi connectivity index (χ2v) is 7.57. The number of halogens is 1. The van der Waals surface area contributed by atoms with Gasteiger partial charge in [0.15, 0.2) is 9.84 Å². The average molecular weight is 346 g/mol. The molecule has 1 aliphatic heterocycles. The Morgan fingerprint density at radius 3 is 2.42 bits per heavy atom. The van der Waals surface area contributed by atoms with E-state index in [0.29, 0.717) is 11.1 Å². The number of carbonyl (C=O) groups excluding carboxylic acids is 1. The summed E-state index contributed by atoms with van der Waals surface area (Å²) < 4.78 is 42.6. The number of benzene rings is 2. The lowest BCUT2D eigenvalue weighted by Gasteiger charge is -2.08. The van der Waals surface area contributed by atoms with Crippen molar-refractivity contribution in [2.75, 3.05) is 12.9 Å². The highest BCUT2D eigenvalue weighted by Crippen LogP contribution is 2.31. The van der Waals surface area contributed by atoms with Gasteiger partial charge in [0.25, 0.3) is 0 Å². The number of esters is 1. The zero-order valence-corrected chi connectivity index (χ0v) is 13.8. The quantitative estimate of drug-likeness (QED) is 0.784. The number of hydrogen-bond acceptors (Lipinski definition) is 4. The van der Waals surface area contributed by atoms with E-state index in [1.54, 1.807) is 30.3 Å². The Kier molecular flexibility index (Phi) is 4.24. The van der Waals surface area contributed by atoms with Gasteiger partial charge < -0.3 is 4.74 Å². The van der Waals surface area contributed by atoms with Crippen LogP contribution in [-0.4, -0.2) is 27.2 Å². The van der Waals surface area contributed by atoms with E-state index in [4.69, 9.17) is 4.74 Å². The molecule has 0 spiro atoms. The van der Waals surface area contributed by atoms with Gasteiger partial charge in [-0.05, 0) is 53.5 Å². The molecule has 1 aliphatic rings. The van der Waals surface area contributed by atoms with Gasteiger partial charge in [-0.2, -0.15) is 0 Å². The molecular weight excluding hydrogens is 331 g/mol. The van der Waals surface area contributed by atoms with Gasteiger partial charge in [-0.1, -0.05) is 18.2 Å². The molecule has 0 amide bonds. The van der Waals surface area contributed by atoms with Crippen LogP contribution >= 0.6 is 0 Å². The van der Waals surface area contributed by atoms with E-state index in [1.807, 2.05) is 0 Å². The van der Waals surface area contributed by atoms with Crippen molar-refractivity contribution in [1.82, 2.24) is 0 Å². The van der Waals surface area contributed by atoms with Crippen molar-refractivity contribution in [3.63, 3.8) is 0 Å². The van der Waals surface area contributed by atoms with Gasteiger partial charge in [0.05, 0.1) is 17.8 Å². The summed E-state index contributed by atoms with van der Waals surface area (Å²) in [5.41, 5.74) is 2.26. The van der Waals surface area contributed by atoms with Crippen LogP contribution < -0.4 is 0 Å². The van der Waals surface area contributed by atoms with Gasteiger partial charge in [0.1, 0.15) is 5.82 Å². The zero-order valence-electron chi connectivity index (χ0n) is 13.0. The van der Waals surface area contributed by atoms with E-state index in [-0.39, 0.29) is 22.9 Å². The Bertz CT molecular complexity index is 928. The molecular formula is C18H15FO4S. The van der Waals surface area contributed by atoms with Crippen LogP contribution in [0.3, 0.4) is 0 Å². The smallest absolute Gasteiger partial charge is 0.333 e. The Morgan fingerprint density at radius 2 is 1.75 bits per heavy atom. The van der Waals surface area contributed by atoms with E-state index >= 15 is 0 Å². The molecule has 0 aliphatic carbocycles. The Morgan fingerprint density at radius 1 is 1.08 bits per heavy atom. The number of hydrogen-bond donors (Lipinski definition) is 0. The third-order valence-corrected chi connectivity index (χ3v) is 5.72. The number of sulfone groups is 1. The van der Waals surface area contributed by atoms with Crippen molar-refractivity contribution >= 4 is 21.9 Å². The van der Waals surface area contributed by atoms with Gasteiger partial charge in [0, 0.05) is 5.57 Å². The summed E-state index contributed by atoms with van der Waals surface area (Å²) in [6.07, 6.45) is 1.66. The first kappa shape index (κ1) is 16.4. The molecule has 3 rings (SSSR count). The van der Waals surface area contributed by atoms with Gasteiger partial charge in [-0.3, -0.25) is 0 Å². The van der Waals surface area contributed by atoms with Gasteiger partial charge >= 0.3 is 5.97 Å². The van der Waals surface area contributed by atoms with Crippen molar-refractivity contribution in [2.45, 2.75) is 11.3 Å². The Labute approximate surface area is 139 Å². The molecule has 124 valence electrons. The largest absolute Gasteiger partial charge is 0.466 e. The lowest BCUT2D eigenvalue weighted by atomic mass is 10.0. The number of rotatable bonds is 2. The Hall–Kier alpha value is -2.47. The fraction of sp³-hybridized carbons (Fsp3) is 0.167. The second-order valence-electron chi connectivity index (χ2n) is 5.49. The van der Waals surface area contributed by atoms with Crippen LogP contribution in [-0.2, 0) is 19.4 Å². The third kappa shape index (κ3) is 3.10. The predicted molar refractivity (Wildman–Crippen MR) is 88.5 cm³/mol. The van der Waals surface area contributed by atoms with Crippen molar-refractivity contribution in [3.8, 4) is 11.1 Å². The highest BCUT2D eigenvalue weighted by atomic mass is 32.2. The summed E-state index contributed by atoms with van der Waals surface area (Å²) in [6, 6.07) is 10.8. The van der Waals surface area contributed by atoms with E-state index in [0.717, 1.165) is 11.1 Å². The molecule has 2 aromatic rings. The molecule has 4 nitrogen and oxygen atoms in total. The summed E-state index contributed by atoms with van der Waals surface area (Å²) in [7, 11) is -2.22. The van der Waals surface area contributed by atoms with E-state index in [1.165, 1.54) is 25.3 Å². The van der Waals surface area contributed by atoms with E-state index < -0.39 is 15.8 Å². The summed E-state index contributed by atoms with van der Waals surface area (Å²) in [4.78, 5) is 12.0. The van der Waals surface area contributed by atoms with Gasteiger partial charge in [-0.15, -0.1) is 0 Å². The van der Waals surface area contributed by atoms with Crippen molar-refractivity contribution in [2.24, 2.45) is 0 Å². The van der Waals surface area contributed by atoms with Crippen LogP contribution in [0.25, 0.3) is 17.2 Å². The maximum Gasteiger partial charge on any atom is 0.333 e. The fourth-order valence-electron chi connectivity index (χ4n) is 2.67. The molecule has 24 heavy (non-hydrogen) atoms. The SMILES string of the molecule is COC(=O)C1=Cc2cc(-c3ccc(F)cc3)ccc2S(=O)(=O)CC1. The standard InChI is InChI=1S/C18H15FO4S/c1-23-18(20)14-8-9-24(21,22)17-7-4-13(10-15(17)11-14)12-2-5-16(19)6-3-12/h2-7,10-11H,8-9H2,1H3. The van der Waals surface area contributed by atoms with Crippen LogP contribution in [0.1, 0.15) is 12.0 Å². The summed E-state index contributed by atoms with van der Waals surface area (Å²) in [5.74, 6) is -1.02. The minimum Gasteiger partial charge on any atom is -0.466 e. The minimum absolute atomic E-state index is 0.107. The first-order valence-electron chi connectivity index (χ1n) is 7.32. The minimum atomic E-state index is -3.48. The van der Waals surface area contributed by atoms with Gasteiger partial charge in [-0.25, -0.2) is 17.6 Å². The molecule has 0 atom stereocenters. The van der Waals surface area contributed by atoms with Crippen molar-refractivity contribution in [3.05, 3.63) is 59.4 Å². The van der Waals surface area contributed by atoms with Gasteiger partial charge in [0.2, 0.25) is 0 Å². The number of carbonyl (C=O) groups is 1. The Balaban J connectivity index is 2.15. The van der Waals surface area contributed by atoms with Crippen molar-refractivity contribution < 1.29 is 22.3 Å². The molecule has 6 heteroatoms. The van der Waals surface area contributed by atoms with E-state index in [2.05, 4.69) is 0 Å². The maximum atomic E-state index is 13.1. The monoisotopic (exact) mass is 346 g/mol. The number of methoxy groups -OCH3 is 1. The lowest BCUT2D eigenvalue weighted by Crippen LogP contribution is -2.09.